The number of aliphatic hydroxyl groups excluding tert-OH is 2. The molecule has 10 aromatic heterocycles. The molecular formula is C114H97F4Ir6N11O6-8. The van der Waals surface area contributed by atoms with Gasteiger partial charge in [0.2, 0.25) is 0 Å². The quantitative estimate of drug-likeness (QED) is 0.0445. The zero-order valence-electron chi connectivity index (χ0n) is 77.7. The number of carboxylic acids is 1. The molecule has 18 aromatic rings. The Bertz CT molecular complexity index is 6030. The molecule has 0 aliphatic carbocycles. The zero-order chi connectivity index (χ0) is 96.8. The first-order valence-electron chi connectivity index (χ1n) is 42.1. The summed E-state index contributed by atoms with van der Waals surface area (Å²) in [6.45, 7) is 15.8. The van der Waals surface area contributed by atoms with Gasteiger partial charge >= 0.3 is 5.97 Å². The maximum atomic E-state index is 13.4. The summed E-state index contributed by atoms with van der Waals surface area (Å²) in [5, 5.41) is 33.8. The van der Waals surface area contributed by atoms with E-state index < -0.39 is 34.7 Å². The predicted octanol–water partition coefficient (Wildman–Crippen LogP) is 26.4. The van der Waals surface area contributed by atoms with Gasteiger partial charge in [0.1, 0.15) is 11.5 Å². The van der Waals surface area contributed by atoms with Gasteiger partial charge in [-0.2, -0.15) is 0 Å². The molecule has 0 atom stereocenters. The second-order valence-corrected chi connectivity index (χ2v) is 30.5. The summed E-state index contributed by atoms with van der Waals surface area (Å²) in [6, 6.07) is 123. The Kier molecular flexibility index (Phi) is 60.5. The number of carbonyl (C=O) groups is 3. The average molecular weight is 2950 g/mol. The minimum atomic E-state index is -0.990. The van der Waals surface area contributed by atoms with Crippen LogP contribution in [0.2, 0.25) is 0 Å². The van der Waals surface area contributed by atoms with Gasteiger partial charge in [-0.3, -0.25) is 32.1 Å². The number of carbonyl (C=O) groups excluding carboxylic acids is 2. The maximum Gasteiger partial charge on any atom is 0.354 e. The van der Waals surface area contributed by atoms with E-state index >= 15 is 0 Å². The standard InChI is InChI=1S/C17H12N.C12H8F2N.C11H6F2N.4C11H8N.C11H20O2.C8H6N3.C6H5NO2.C5H8O2.6Ir/c1-2-7-14(8-3-1)15-9-6-10-16(13-15)17-11-4-5-12-18-17;1-8-4-5-15-12(6-8)10-3-2-9(13)7-11(10)14;12-8-4-5-9(10(13)7-8)11-3-1-2-6-14-11;4*1-2-6-10(7-3-1)11-8-4-5-9-12-11;1-10(2,3)8(12)7-9(13)11(4,5)6;1-2-5-9-7(3-1)8-4-6-10-11-8;8-6(9)5-3-1-2-4-7-5;1-4(6)3-5(2)7;;;;;;/h1-9,11-13H;2,4-7H,1H3;1-4,6-7H;4*1-6,8-9H;7,12H,1-6H3;1-6H;1-4H,(H,8,9);3,6H,1-2H3;;;;;;/q7*-1;;-1;;;;;;;;. The number of pyridine rings is 9. The van der Waals surface area contributed by atoms with Crippen LogP contribution in [0.25, 0.3) is 101 Å². The number of hydrogen-bond donors (Lipinski definition) is 3. The molecule has 0 saturated carbocycles. The molecule has 0 unspecified atom stereocenters. The van der Waals surface area contributed by atoms with E-state index in [4.69, 9.17) is 10.2 Å². The van der Waals surface area contributed by atoms with Gasteiger partial charge in [0.25, 0.3) is 0 Å². The van der Waals surface area contributed by atoms with Crippen molar-refractivity contribution in [1.29, 1.82) is 0 Å². The number of benzene rings is 8. The Morgan fingerprint density at radius 2 is 0.667 bits per heavy atom. The number of rotatable bonds is 12. The fourth-order valence-electron chi connectivity index (χ4n) is 10.9. The van der Waals surface area contributed by atoms with Crippen LogP contribution in [-0.4, -0.2) is 82.8 Å². The van der Waals surface area contributed by atoms with Gasteiger partial charge in [-0.15, -0.1) is 203 Å². The first-order valence-corrected chi connectivity index (χ1v) is 42.1. The molecule has 0 bridgehead atoms. The summed E-state index contributed by atoms with van der Waals surface area (Å²) in [5.74, 6) is -3.52. The van der Waals surface area contributed by atoms with E-state index in [0.29, 0.717) is 11.4 Å². The summed E-state index contributed by atoms with van der Waals surface area (Å²) >= 11 is 0. The molecule has 17 nitrogen and oxygen atoms in total. The normalized spacial score (nSPS) is 9.94. The van der Waals surface area contributed by atoms with E-state index in [1.165, 1.54) is 49.4 Å². The van der Waals surface area contributed by atoms with Gasteiger partial charge in [-0.05, 0) is 133 Å². The topological polar surface area (TPSA) is 255 Å². The molecule has 0 saturated heterocycles. The molecular weight excluding hydrogens is 2850 g/mol. The Morgan fingerprint density at radius 3 is 0.965 bits per heavy atom. The van der Waals surface area contributed by atoms with E-state index in [0.717, 1.165) is 97.5 Å². The van der Waals surface area contributed by atoms with Gasteiger partial charge in [0.05, 0.1) is 5.76 Å². The molecule has 8 aromatic carbocycles. The zero-order valence-corrected chi connectivity index (χ0v) is 92.1. The predicted molar refractivity (Wildman–Crippen MR) is 523 cm³/mol. The summed E-state index contributed by atoms with van der Waals surface area (Å²) in [4.78, 5) is 68.5. The summed E-state index contributed by atoms with van der Waals surface area (Å²) in [7, 11) is 0. The average Bonchev–Trinajstić information content (AvgIpc) is 0.979. The molecule has 27 heteroatoms. The third kappa shape index (κ3) is 47.6. The Morgan fingerprint density at radius 1 is 0.319 bits per heavy atom. The summed E-state index contributed by atoms with van der Waals surface area (Å²) in [5.41, 5.74) is 15.7. The SMILES string of the molecule is CC(=O)C=C(C)O.CC(C)(C)C(=O)C=C(O)C(C)(C)C.Cc1ccnc(-c2[c-]cc(F)cc2F)c1.Fc1c[c-]c(-c2ccccn2)c(F)c1.O=C(O)c1ccccn1.[Ir].[Ir].[Ir].[Ir].[Ir].[Ir].[c-]1ccc(-c2ccccc2)cc1-c1ccccn1.[c-]1ccccc1-c1ccccn1.[c-]1ccccc1-c1ccccn1.[c-]1ccccc1-c1ccccn1.[c-]1ccccc1-c1ccccn1.c1ccc(-c2ccn[n-]2)nc1. The fourth-order valence-corrected chi connectivity index (χ4v) is 10.9. The van der Waals surface area contributed by atoms with Crippen molar-refractivity contribution < 1.29 is 168 Å². The first-order chi connectivity index (χ1) is 65.2. The molecule has 734 valence electrons. The number of aromatic carboxylic acids is 1. The van der Waals surface area contributed by atoms with Crippen molar-refractivity contribution in [1.82, 2.24) is 55.1 Å². The van der Waals surface area contributed by atoms with Crippen molar-refractivity contribution in [2.45, 2.75) is 62.3 Å². The van der Waals surface area contributed by atoms with Crippen LogP contribution >= 0.6 is 0 Å². The van der Waals surface area contributed by atoms with Crippen molar-refractivity contribution in [3.05, 3.63) is 496 Å². The number of halogens is 4. The number of allylic oxidation sites excluding steroid dienone is 4. The molecule has 0 amide bonds. The van der Waals surface area contributed by atoms with Crippen molar-refractivity contribution >= 4 is 17.5 Å². The van der Waals surface area contributed by atoms with Crippen LogP contribution in [0, 0.1) is 83.5 Å². The number of aliphatic hydroxyl groups is 2. The largest absolute Gasteiger partial charge is 0.574 e. The number of ketones is 2. The van der Waals surface area contributed by atoms with Gasteiger partial charge in [-0.1, -0.05) is 203 Å². The molecule has 0 aliphatic rings. The molecule has 10 heterocycles. The van der Waals surface area contributed by atoms with Crippen LogP contribution < -0.4 is 5.10 Å². The van der Waals surface area contributed by atoms with Crippen molar-refractivity contribution in [3.63, 3.8) is 0 Å². The van der Waals surface area contributed by atoms with Crippen molar-refractivity contribution in [3.8, 4) is 101 Å². The Labute approximate surface area is 902 Å². The third-order valence-electron chi connectivity index (χ3n) is 17.7. The van der Waals surface area contributed by atoms with Crippen molar-refractivity contribution in [2.75, 3.05) is 0 Å². The maximum absolute atomic E-state index is 13.4. The fraction of sp³-hybridized carbons (Fsp3) is 0.0965. The van der Waals surface area contributed by atoms with E-state index in [-0.39, 0.29) is 166 Å². The molecule has 18 rings (SSSR count). The second-order valence-electron chi connectivity index (χ2n) is 30.5. The number of hydrogen-bond acceptors (Lipinski definition) is 15. The van der Waals surface area contributed by atoms with Crippen LogP contribution in [0.15, 0.2) is 419 Å². The molecule has 0 aliphatic heterocycles. The van der Waals surface area contributed by atoms with E-state index in [1.807, 2.05) is 291 Å². The van der Waals surface area contributed by atoms with Gasteiger partial charge < -0.3 is 60.4 Å². The van der Waals surface area contributed by atoms with Crippen LogP contribution in [0.1, 0.15) is 71.4 Å². The number of nitrogens with zero attached hydrogens (tertiary/aromatic N) is 11. The Hall–Kier alpha value is -13.2. The van der Waals surface area contributed by atoms with Crippen LogP contribution in [0.5, 0.6) is 0 Å². The Balaban J connectivity index is 0.000000525. The molecule has 0 spiro atoms. The van der Waals surface area contributed by atoms with E-state index in [1.54, 1.807) is 92.2 Å². The molecule has 141 heavy (non-hydrogen) atoms. The number of aryl methyl sites for hydroxylation is 1. The smallest absolute Gasteiger partial charge is 0.354 e. The molecule has 0 fully saturated rings. The van der Waals surface area contributed by atoms with Crippen LogP contribution in [0.4, 0.5) is 17.6 Å². The van der Waals surface area contributed by atoms with Gasteiger partial charge in [-0.25, -0.2) is 9.78 Å². The third-order valence-corrected chi connectivity index (χ3v) is 17.7. The van der Waals surface area contributed by atoms with E-state index in [2.05, 4.69) is 122 Å². The summed E-state index contributed by atoms with van der Waals surface area (Å²) < 4.78 is 51.8. The molecule has 3 N–H and O–H groups in total. The summed E-state index contributed by atoms with van der Waals surface area (Å²) in [6.07, 6.45) is 19.4. The monoisotopic (exact) mass is 2950 g/mol. The van der Waals surface area contributed by atoms with Crippen LogP contribution in [-0.2, 0) is 130 Å². The first kappa shape index (κ1) is 124. The second kappa shape index (κ2) is 68.8. The van der Waals surface area contributed by atoms with E-state index in [9.17, 15) is 37.1 Å². The van der Waals surface area contributed by atoms with Gasteiger partial charge in [0, 0.05) is 235 Å². The molecule has 6 radical (unpaired) electrons. The van der Waals surface area contributed by atoms with Crippen LogP contribution in [0.3, 0.4) is 0 Å². The minimum absolute atomic E-state index is 0. The van der Waals surface area contributed by atoms with Gasteiger partial charge in [0.15, 0.2) is 11.6 Å². The van der Waals surface area contributed by atoms with Crippen molar-refractivity contribution in [2.24, 2.45) is 10.8 Å². The number of carboxylic acid groups (broad SMARTS) is 1. The number of aromatic nitrogens is 11. The minimum Gasteiger partial charge on any atom is -0.574 e.